The minimum atomic E-state index is -0.504. The number of non-ortho nitro benzene ring substituents is 1. The second-order valence-electron chi connectivity index (χ2n) is 6.19. The second-order valence-corrected chi connectivity index (χ2v) is 6.60. The zero-order valence-electron chi connectivity index (χ0n) is 16.6. The van der Waals surface area contributed by atoms with Crippen molar-refractivity contribution in [3.05, 3.63) is 75.8 Å². The number of hydrogen-bond acceptors (Lipinski definition) is 5. The Morgan fingerprint density at radius 2 is 1.83 bits per heavy atom. The summed E-state index contributed by atoms with van der Waals surface area (Å²) < 4.78 is 0. The van der Waals surface area contributed by atoms with Crippen LogP contribution < -0.4 is 10.6 Å². The van der Waals surface area contributed by atoms with Gasteiger partial charge in [-0.3, -0.25) is 25.0 Å². The SMILES string of the molecule is CCN(CC)C(=O)c1cccc(NC(=S)NC(=O)/C=C/c2cccc([N+](=O)[O-])c2)c1. The summed E-state index contributed by atoms with van der Waals surface area (Å²) in [6.45, 7) is 5.04. The van der Waals surface area contributed by atoms with Gasteiger partial charge in [-0.1, -0.05) is 18.2 Å². The molecular weight excluding hydrogens is 404 g/mol. The van der Waals surface area contributed by atoms with Gasteiger partial charge in [-0.2, -0.15) is 0 Å². The van der Waals surface area contributed by atoms with E-state index in [0.717, 1.165) is 0 Å². The molecule has 2 amide bonds. The Balaban J connectivity index is 1.98. The first kappa shape index (κ1) is 22.7. The van der Waals surface area contributed by atoms with Crippen LogP contribution >= 0.6 is 12.2 Å². The molecule has 0 atom stereocenters. The lowest BCUT2D eigenvalue weighted by molar-refractivity contribution is -0.384. The molecule has 9 heteroatoms. The molecule has 0 bridgehead atoms. The van der Waals surface area contributed by atoms with Crippen molar-refractivity contribution in [3.63, 3.8) is 0 Å². The highest BCUT2D eigenvalue weighted by atomic mass is 32.1. The maximum Gasteiger partial charge on any atom is 0.270 e. The number of rotatable bonds is 7. The lowest BCUT2D eigenvalue weighted by Gasteiger charge is -2.19. The first-order valence-electron chi connectivity index (χ1n) is 9.27. The Kier molecular flexibility index (Phi) is 8.18. The summed E-state index contributed by atoms with van der Waals surface area (Å²) in [6.07, 6.45) is 2.68. The number of nitrogens with one attached hydrogen (secondary N) is 2. The Morgan fingerprint density at radius 3 is 2.50 bits per heavy atom. The van der Waals surface area contributed by atoms with Gasteiger partial charge >= 0.3 is 0 Å². The van der Waals surface area contributed by atoms with Crippen molar-refractivity contribution in [1.82, 2.24) is 10.2 Å². The fourth-order valence-electron chi connectivity index (χ4n) is 2.65. The fourth-order valence-corrected chi connectivity index (χ4v) is 2.87. The number of carbonyl (C=O) groups excluding carboxylic acids is 2. The number of amides is 2. The number of nitro benzene ring substituents is 1. The van der Waals surface area contributed by atoms with Crippen molar-refractivity contribution in [2.45, 2.75) is 13.8 Å². The number of nitro groups is 1. The van der Waals surface area contributed by atoms with Crippen molar-refractivity contribution in [2.75, 3.05) is 18.4 Å². The minimum Gasteiger partial charge on any atom is -0.339 e. The van der Waals surface area contributed by atoms with Gasteiger partial charge in [0.2, 0.25) is 5.91 Å². The van der Waals surface area contributed by atoms with Crippen LogP contribution in [0.1, 0.15) is 29.8 Å². The Bertz CT molecular complexity index is 986. The quantitative estimate of drug-likeness (QED) is 0.303. The molecule has 0 heterocycles. The van der Waals surface area contributed by atoms with Gasteiger partial charge in [-0.15, -0.1) is 0 Å². The first-order chi connectivity index (χ1) is 14.3. The summed E-state index contributed by atoms with van der Waals surface area (Å²) in [5.74, 6) is -0.576. The third kappa shape index (κ3) is 6.49. The van der Waals surface area contributed by atoms with E-state index >= 15 is 0 Å². The topological polar surface area (TPSA) is 105 Å². The molecule has 8 nitrogen and oxygen atoms in total. The van der Waals surface area contributed by atoms with Crippen LogP contribution in [0, 0.1) is 10.1 Å². The normalized spacial score (nSPS) is 10.5. The first-order valence-corrected chi connectivity index (χ1v) is 9.68. The highest BCUT2D eigenvalue weighted by molar-refractivity contribution is 7.80. The molecule has 156 valence electrons. The zero-order valence-corrected chi connectivity index (χ0v) is 17.4. The van der Waals surface area contributed by atoms with Crippen molar-refractivity contribution in [3.8, 4) is 0 Å². The lowest BCUT2D eigenvalue weighted by Crippen LogP contribution is -2.33. The minimum absolute atomic E-state index is 0.0612. The van der Waals surface area contributed by atoms with E-state index in [0.29, 0.717) is 29.9 Å². The van der Waals surface area contributed by atoms with Gasteiger partial charge in [0.25, 0.3) is 11.6 Å². The fraction of sp³-hybridized carbons (Fsp3) is 0.190. The molecule has 0 aliphatic rings. The van der Waals surface area contributed by atoms with Crippen molar-refractivity contribution in [1.29, 1.82) is 0 Å². The molecule has 2 N–H and O–H groups in total. The van der Waals surface area contributed by atoms with E-state index in [-0.39, 0.29) is 16.7 Å². The standard InChI is InChI=1S/C21H22N4O4S/c1-3-24(4-2)20(27)16-8-6-9-17(14-16)22-21(30)23-19(26)12-11-15-7-5-10-18(13-15)25(28)29/h5-14H,3-4H2,1-2H3,(H2,22,23,26,30)/b12-11+. The predicted octanol–water partition coefficient (Wildman–Crippen LogP) is 3.60. The number of nitrogens with zero attached hydrogens (tertiary/aromatic N) is 2. The number of benzene rings is 2. The number of thiocarbonyl (C=S) groups is 1. The summed E-state index contributed by atoms with van der Waals surface area (Å²) >= 11 is 5.14. The second kappa shape index (κ2) is 10.8. The average Bonchev–Trinajstić information content (AvgIpc) is 2.73. The maximum absolute atomic E-state index is 12.5. The summed E-state index contributed by atoms with van der Waals surface area (Å²) in [5.41, 5.74) is 1.54. The molecule has 0 aliphatic carbocycles. The van der Waals surface area contributed by atoms with Gasteiger partial charge in [-0.05, 0) is 55.9 Å². The molecule has 2 rings (SSSR count). The van der Waals surface area contributed by atoms with E-state index in [1.807, 2.05) is 13.8 Å². The van der Waals surface area contributed by atoms with Crippen LogP contribution in [-0.2, 0) is 4.79 Å². The maximum atomic E-state index is 12.5. The molecule has 0 aliphatic heterocycles. The molecule has 0 radical (unpaired) electrons. The van der Waals surface area contributed by atoms with Crippen LogP contribution in [-0.4, -0.2) is 39.8 Å². The molecule has 0 unspecified atom stereocenters. The summed E-state index contributed by atoms with van der Waals surface area (Å²) in [6, 6.07) is 12.8. The Labute approximate surface area is 179 Å². The molecule has 2 aromatic rings. The highest BCUT2D eigenvalue weighted by Gasteiger charge is 2.13. The molecule has 0 fully saturated rings. The Morgan fingerprint density at radius 1 is 1.13 bits per heavy atom. The van der Waals surface area contributed by atoms with Crippen LogP contribution in [0.2, 0.25) is 0 Å². The molecular formula is C21H22N4O4S. The van der Waals surface area contributed by atoms with Crippen LogP contribution in [0.4, 0.5) is 11.4 Å². The van der Waals surface area contributed by atoms with Crippen molar-refractivity contribution < 1.29 is 14.5 Å². The third-order valence-electron chi connectivity index (χ3n) is 4.16. The largest absolute Gasteiger partial charge is 0.339 e. The molecule has 30 heavy (non-hydrogen) atoms. The van der Waals surface area contributed by atoms with Crippen LogP contribution in [0.3, 0.4) is 0 Å². The van der Waals surface area contributed by atoms with Gasteiger partial charge in [-0.25, -0.2) is 0 Å². The van der Waals surface area contributed by atoms with Gasteiger partial charge in [0.05, 0.1) is 4.92 Å². The van der Waals surface area contributed by atoms with E-state index in [2.05, 4.69) is 10.6 Å². The lowest BCUT2D eigenvalue weighted by atomic mass is 10.1. The van der Waals surface area contributed by atoms with E-state index in [4.69, 9.17) is 12.2 Å². The van der Waals surface area contributed by atoms with E-state index in [9.17, 15) is 19.7 Å². The zero-order chi connectivity index (χ0) is 22.1. The number of hydrogen-bond donors (Lipinski definition) is 2. The molecule has 0 saturated heterocycles. The van der Waals surface area contributed by atoms with Crippen molar-refractivity contribution in [2.24, 2.45) is 0 Å². The molecule has 2 aromatic carbocycles. The van der Waals surface area contributed by atoms with Gasteiger partial charge in [0, 0.05) is 42.5 Å². The van der Waals surface area contributed by atoms with E-state index < -0.39 is 10.8 Å². The van der Waals surface area contributed by atoms with E-state index in [1.165, 1.54) is 30.4 Å². The van der Waals surface area contributed by atoms with Crippen molar-refractivity contribution >= 4 is 46.6 Å². The number of carbonyl (C=O) groups is 2. The molecule has 0 aromatic heterocycles. The summed E-state index contributed by atoms with van der Waals surface area (Å²) in [7, 11) is 0. The summed E-state index contributed by atoms with van der Waals surface area (Å²) in [5, 5.41) is 16.2. The smallest absolute Gasteiger partial charge is 0.270 e. The number of anilines is 1. The van der Waals surface area contributed by atoms with E-state index in [1.54, 1.807) is 35.2 Å². The predicted molar refractivity (Wildman–Crippen MR) is 120 cm³/mol. The van der Waals surface area contributed by atoms with Crippen LogP contribution in [0.15, 0.2) is 54.6 Å². The van der Waals surface area contributed by atoms with Gasteiger partial charge < -0.3 is 10.2 Å². The van der Waals surface area contributed by atoms with Gasteiger partial charge in [0.1, 0.15) is 0 Å². The van der Waals surface area contributed by atoms with Crippen LogP contribution in [0.25, 0.3) is 6.08 Å². The third-order valence-corrected chi connectivity index (χ3v) is 4.37. The Hall–Kier alpha value is -3.59. The van der Waals surface area contributed by atoms with Crippen LogP contribution in [0.5, 0.6) is 0 Å². The van der Waals surface area contributed by atoms with Gasteiger partial charge in [0.15, 0.2) is 5.11 Å². The molecule has 0 saturated carbocycles. The summed E-state index contributed by atoms with van der Waals surface area (Å²) in [4.78, 5) is 36.5. The monoisotopic (exact) mass is 426 g/mol. The average molecular weight is 426 g/mol. The highest BCUT2D eigenvalue weighted by Crippen LogP contribution is 2.14. The molecule has 0 spiro atoms.